The molecule has 0 amide bonds. The summed E-state index contributed by atoms with van der Waals surface area (Å²) in [5, 5.41) is 0.0231. The second-order valence-electron chi connectivity index (χ2n) is 10.6. The summed E-state index contributed by atoms with van der Waals surface area (Å²) in [6.45, 7) is 12.6. The van der Waals surface area contributed by atoms with Gasteiger partial charge in [0.25, 0.3) is 0 Å². The van der Waals surface area contributed by atoms with E-state index in [0.29, 0.717) is 0 Å². The van der Waals surface area contributed by atoms with Crippen LogP contribution in [0.3, 0.4) is 0 Å². The van der Waals surface area contributed by atoms with Crippen LogP contribution >= 0.6 is 0 Å². The average Bonchev–Trinajstić information content (AvgIpc) is 2.82. The molecule has 0 heterocycles. The normalized spacial score (nSPS) is 14.1. The summed E-state index contributed by atoms with van der Waals surface area (Å²) in [7, 11) is -2.16. The van der Waals surface area contributed by atoms with E-state index in [4.69, 9.17) is 4.43 Å². The van der Waals surface area contributed by atoms with Gasteiger partial charge in [0.15, 0.2) is 8.32 Å². The Bertz CT molecular complexity index is 959. The molecule has 0 aliphatic carbocycles. The van der Waals surface area contributed by atoms with Crippen LogP contribution in [0.1, 0.15) is 37.5 Å². The van der Waals surface area contributed by atoms with Crippen molar-refractivity contribution in [3.05, 3.63) is 108 Å². The summed E-state index contributed by atoms with van der Waals surface area (Å²) in [6, 6.07) is 31.4. The standard InChI is InChI=1S/C30H39NO2Si/c1-30(2,3)34(4,5)33-29(24-32)28(21-25-15-9-6-10-16-25)31(22-26-17-11-7-12-18-26)23-27-19-13-8-14-20-27/h6-20,24,28-29H,21-23H2,1-5H3/t28-,29-/m0/s1. The van der Waals surface area contributed by atoms with Gasteiger partial charge in [-0.15, -0.1) is 0 Å². The van der Waals surface area contributed by atoms with Crippen LogP contribution in [0.15, 0.2) is 91.0 Å². The van der Waals surface area contributed by atoms with E-state index in [9.17, 15) is 4.79 Å². The maximum Gasteiger partial charge on any atom is 0.193 e. The van der Waals surface area contributed by atoms with Gasteiger partial charge in [-0.1, -0.05) is 112 Å². The van der Waals surface area contributed by atoms with Gasteiger partial charge in [0.05, 0.1) is 0 Å². The van der Waals surface area contributed by atoms with Crippen molar-refractivity contribution in [2.24, 2.45) is 0 Å². The minimum Gasteiger partial charge on any atom is -0.406 e. The number of hydrogen-bond donors (Lipinski definition) is 0. The highest BCUT2D eigenvalue weighted by Crippen LogP contribution is 2.38. The maximum atomic E-state index is 12.6. The fourth-order valence-electron chi connectivity index (χ4n) is 3.95. The summed E-state index contributed by atoms with van der Waals surface area (Å²) >= 11 is 0. The smallest absolute Gasteiger partial charge is 0.193 e. The van der Waals surface area contributed by atoms with Crippen LogP contribution < -0.4 is 0 Å². The monoisotopic (exact) mass is 473 g/mol. The zero-order chi connectivity index (χ0) is 24.6. The van der Waals surface area contributed by atoms with Gasteiger partial charge in [-0.25, -0.2) is 0 Å². The van der Waals surface area contributed by atoms with Crippen molar-refractivity contribution in [2.45, 2.75) is 70.6 Å². The molecule has 34 heavy (non-hydrogen) atoms. The Morgan fingerprint density at radius 2 is 1.18 bits per heavy atom. The van der Waals surface area contributed by atoms with Crippen molar-refractivity contribution in [1.82, 2.24) is 4.90 Å². The first-order chi connectivity index (χ1) is 16.2. The van der Waals surface area contributed by atoms with E-state index >= 15 is 0 Å². The van der Waals surface area contributed by atoms with E-state index in [2.05, 4.69) is 112 Å². The Balaban J connectivity index is 2.01. The highest BCUT2D eigenvalue weighted by Gasteiger charge is 2.42. The van der Waals surface area contributed by atoms with Crippen molar-refractivity contribution >= 4 is 14.6 Å². The molecule has 0 fully saturated rings. The highest BCUT2D eigenvalue weighted by atomic mass is 28.4. The maximum absolute atomic E-state index is 12.6. The molecule has 0 aliphatic heterocycles. The van der Waals surface area contributed by atoms with Gasteiger partial charge in [-0.2, -0.15) is 0 Å². The molecule has 4 heteroatoms. The number of hydrogen-bond acceptors (Lipinski definition) is 3. The van der Waals surface area contributed by atoms with Crippen molar-refractivity contribution < 1.29 is 9.22 Å². The first-order valence-corrected chi connectivity index (χ1v) is 15.1. The number of rotatable bonds is 11. The molecule has 3 aromatic rings. The van der Waals surface area contributed by atoms with E-state index in [1.54, 1.807) is 0 Å². The molecule has 0 aliphatic rings. The van der Waals surface area contributed by atoms with Crippen molar-refractivity contribution in [2.75, 3.05) is 0 Å². The molecule has 3 rings (SSSR count). The lowest BCUT2D eigenvalue weighted by molar-refractivity contribution is -0.117. The number of aldehydes is 1. The van der Waals surface area contributed by atoms with Crippen LogP contribution in [-0.2, 0) is 28.7 Å². The number of benzene rings is 3. The zero-order valence-electron chi connectivity index (χ0n) is 21.3. The van der Waals surface area contributed by atoms with Gasteiger partial charge in [-0.3, -0.25) is 4.90 Å². The van der Waals surface area contributed by atoms with Crippen molar-refractivity contribution in [3.63, 3.8) is 0 Å². The van der Waals surface area contributed by atoms with Crippen LogP contribution in [-0.4, -0.2) is 31.6 Å². The van der Waals surface area contributed by atoms with E-state index in [1.807, 2.05) is 18.2 Å². The third-order valence-electron chi connectivity index (χ3n) is 6.96. The molecule has 0 spiro atoms. The summed E-state index contributed by atoms with van der Waals surface area (Å²) in [5.74, 6) is 0. The molecule has 0 aromatic heterocycles. The van der Waals surface area contributed by atoms with Crippen LogP contribution in [0.25, 0.3) is 0 Å². The Morgan fingerprint density at radius 1 is 0.765 bits per heavy atom. The van der Waals surface area contributed by atoms with Crippen molar-refractivity contribution in [3.8, 4) is 0 Å². The number of carbonyl (C=O) groups is 1. The fraction of sp³-hybridized carbons (Fsp3) is 0.367. The fourth-order valence-corrected chi connectivity index (χ4v) is 5.20. The second-order valence-corrected chi connectivity index (χ2v) is 15.4. The van der Waals surface area contributed by atoms with E-state index < -0.39 is 14.4 Å². The summed E-state index contributed by atoms with van der Waals surface area (Å²) in [5.41, 5.74) is 3.67. The molecule has 0 unspecified atom stereocenters. The van der Waals surface area contributed by atoms with Gasteiger partial charge in [-0.05, 0) is 41.2 Å². The quantitative estimate of drug-likeness (QED) is 0.224. The third-order valence-corrected chi connectivity index (χ3v) is 11.4. The largest absolute Gasteiger partial charge is 0.406 e. The average molecular weight is 474 g/mol. The lowest BCUT2D eigenvalue weighted by Gasteiger charge is -2.42. The summed E-state index contributed by atoms with van der Waals surface area (Å²) in [4.78, 5) is 15.0. The Morgan fingerprint density at radius 3 is 1.56 bits per heavy atom. The molecule has 180 valence electrons. The summed E-state index contributed by atoms with van der Waals surface area (Å²) in [6.07, 6.45) is 1.28. The van der Waals surface area contributed by atoms with Gasteiger partial charge in [0, 0.05) is 19.1 Å². The van der Waals surface area contributed by atoms with E-state index in [-0.39, 0.29) is 11.1 Å². The molecular weight excluding hydrogens is 434 g/mol. The van der Waals surface area contributed by atoms with Crippen molar-refractivity contribution in [1.29, 1.82) is 0 Å². The minimum atomic E-state index is -2.16. The predicted octanol–water partition coefficient (Wildman–Crippen LogP) is 6.89. The van der Waals surface area contributed by atoms with Crippen LogP contribution in [0.2, 0.25) is 18.1 Å². The van der Waals surface area contributed by atoms with Gasteiger partial charge < -0.3 is 9.22 Å². The molecule has 0 saturated carbocycles. The first-order valence-electron chi connectivity index (χ1n) is 12.2. The van der Waals surface area contributed by atoms with Gasteiger partial charge >= 0.3 is 0 Å². The minimum absolute atomic E-state index is 0.0231. The molecule has 0 bridgehead atoms. The molecular formula is C30H39NO2Si. The lowest BCUT2D eigenvalue weighted by Crippen LogP contribution is -2.53. The SMILES string of the molecule is CC(C)(C)[Si](C)(C)O[C@@H](C=O)[C@H](Cc1ccccc1)N(Cc1ccccc1)Cc1ccccc1. The summed E-state index contributed by atoms with van der Waals surface area (Å²) < 4.78 is 6.77. The molecule has 3 aromatic carbocycles. The second kappa shape index (κ2) is 11.7. The van der Waals surface area contributed by atoms with Gasteiger partial charge in [0.2, 0.25) is 0 Å². The molecule has 2 atom stereocenters. The van der Waals surface area contributed by atoms with Crippen LogP contribution in [0.5, 0.6) is 0 Å². The molecule has 0 saturated heterocycles. The molecule has 0 radical (unpaired) electrons. The number of carbonyl (C=O) groups excluding carboxylic acids is 1. The van der Waals surface area contributed by atoms with Crippen LogP contribution in [0.4, 0.5) is 0 Å². The Hall–Kier alpha value is -2.53. The van der Waals surface area contributed by atoms with Crippen LogP contribution in [0, 0.1) is 0 Å². The van der Waals surface area contributed by atoms with E-state index in [0.717, 1.165) is 25.8 Å². The topological polar surface area (TPSA) is 29.5 Å². The Kier molecular flexibility index (Phi) is 9.01. The molecule has 0 N–H and O–H groups in total. The van der Waals surface area contributed by atoms with E-state index in [1.165, 1.54) is 16.7 Å². The third kappa shape index (κ3) is 7.23. The predicted molar refractivity (Wildman–Crippen MR) is 144 cm³/mol. The van der Waals surface area contributed by atoms with Gasteiger partial charge in [0.1, 0.15) is 12.4 Å². The number of nitrogens with zero attached hydrogens (tertiary/aromatic N) is 1. The zero-order valence-corrected chi connectivity index (χ0v) is 22.3. The lowest BCUT2D eigenvalue weighted by atomic mass is 9.98. The first kappa shape index (κ1) is 26.1. The Labute approximate surface area is 206 Å². The molecule has 3 nitrogen and oxygen atoms in total. The highest BCUT2D eigenvalue weighted by molar-refractivity contribution is 6.74.